The molecule has 0 N–H and O–H groups in total. The van der Waals surface area contributed by atoms with Crippen molar-refractivity contribution in [3.63, 3.8) is 0 Å². The van der Waals surface area contributed by atoms with Gasteiger partial charge in [0.05, 0.1) is 18.1 Å². The third-order valence-corrected chi connectivity index (χ3v) is 7.29. The van der Waals surface area contributed by atoms with Gasteiger partial charge in [0, 0.05) is 6.54 Å². The molecule has 5 rings (SSSR count). The number of fused-ring (bicyclic) bond motifs is 5. The fourth-order valence-corrected chi connectivity index (χ4v) is 5.92. The van der Waals surface area contributed by atoms with Crippen molar-refractivity contribution in [1.82, 2.24) is 19.9 Å². The average Bonchev–Trinajstić information content (AvgIpc) is 2.97. The van der Waals surface area contributed by atoms with E-state index in [0.29, 0.717) is 22.9 Å². The van der Waals surface area contributed by atoms with Gasteiger partial charge in [0.25, 0.3) is 0 Å². The summed E-state index contributed by atoms with van der Waals surface area (Å²) in [7, 11) is 0. The van der Waals surface area contributed by atoms with Gasteiger partial charge in [-0.1, -0.05) is 30.3 Å². The summed E-state index contributed by atoms with van der Waals surface area (Å²) in [6.07, 6.45) is 1.01. The molecule has 0 saturated carbocycles. The Morgan fingerprint density at radius 3 is 2.76 bits per heavy atom. The van der Waals surface area contributed by atoms with E-state index in [1.807, 2.05) is 39.5 Å². The second kappa shape index (κ2) is 8.01. The van der Waals surface area contributed by atoms with Gasteiger partial charge < -0.3 is 14.4 Å². The summed E-state index contributed by atoms with van der Waals surface area (Å²) in [6, 6.07) is -0.368. The number of anilines is 1. The predicted molar refractivity (Wildman–Crippen MR) is 125 cm³/mol. The van der Waals surface area contributed by atoms with Crippen molar-refractivity contribution in [1.29, 1.82) is 0 Å². The topological polar surface area (TPSA) is 80.7 Å². The Hall–Kier alpha value is -2.07. The summed E-state index contributed by atoms with van der Waals surface area (Å²) in [5.41, 5.74) is -0.473. The molecule has 8 nitrogen and oxygen atoms in total. The van der Waals surface area contributed by atoms with Gasteiger partial charge in [0.2, 0.25) is 5.88 Å². The van der Waals surface area contributed by atoms with Gasteiger partial charge in [0.1, 0.15) is 28.4 Å². The lowest BCUT2D eigenvalue weighted by molar-refractivity contribution is 0.000950. The second-order valence-corrected chi connectivity index (χ2v) is 11.2. The number of ether oxygens (including phenoxy) is 2. The van der Waals surface area contributed by atoms with Gasteiger partial charge in [-0.3, -0.25) is 4.90 Å². The molecular weight excluding hydrogens is 469 g/mol. The number of piperazine rings is 1. The maximum atomic E-state index is 15.0. The van der Waals surface area contributed by atoms with Crippen molar-refractivity contribution in [2.24, 2.45) is 0 Å². The van der Waals surface area contributed by atoms with Gasteiger partial charge in [-0.05, 0) is 46.3 Å². The first-order valence-corrected chi connectivity index (χ1v) is 12.6. The fraction of sp³-hybridized carbons (Fsp3) is 0.636. The summed E-state index contributed by atoms with van der Waals surface area (Å²) in [5, 5.41) is 0.623. The van der Waals surface area contributed by atoms with E-state index in [2.05, 4.69) is 14.9 Å². The number of amides is 1. The van der Waals surface area contributed by atoms with Crippen molar-refractivity contribution in [2.45, 2.75) is 82.4 Å². The molecule has 0 aromatic carbocycles. The van der Waals surface area contributed by atoms with Gasteiger partial charge in [-0.2, -0.15) is 4.98 Å². The molecule has 3 aliphatic heterocycles. The van der Waals surface area contributed by atoms with E-state index in [9.17, 15) is 4.79 Å². The Morgan fingerprint density at radius 2 is 2.06 bits per heavy atom. The molecule has 5 heterocycles. The highest BCUT2D eigenvalue weighted by Gasteiger charge is 2.53. The number of nitrogens with zero attached hydrogens (tertiary/aromatic N) is 5. The van der Waals surface area contributed by atoms with E-state index < -0.39 is 11.4 Å². The first kappa shape index (κ1) is 22.7. The number of halogens is 2. The summed E-state index contributed by atoms with van der Waals surface area (Å²) >= 11 is 7.54. The Labute approximate surface area is 201 Å². The molecule has 2 fully saturated rings. The van der Waals surface area contributed by atoms with Crippen LogP contribution >= 0.6 is 23.4 Å². The molecule has 0 unspecified atom stereocenters. The lowest BCUT2D eigenvalue weighted by Crippen LogP contribution is -2.65. The number of rotatable bonds is 2. The van der Waals surface area contributed by atoms with E-state index in [0.717, 1.165) is 18.6 Å². The van der Waals surface area contributed by atoms with Gasteiger partial charge in [-0.25, -0.2) is 19.2 Å². The highest BCUT2D eigenvalue weighted by Crippen LogP contribution is 2.46. The zero-order valence-corrected chi connectivity index (χ0v) is 20.8. The molecule has 2 aromatic heterocycles. The maximum Gasteiger partial charge on any atom is 0.410 e. The molecule has 0 aliphatic carbocycles. The SMILES string of the molecule is CCSc1nc2c3c(nc(Cl)c(F)c3n1)O[C@@H](C)[C@@H]1[C@@H]3CC[C@H](CN21)N3C(=O)OC(C)(C)C. The van der Waals surface area contributed by atoms with Crippen molar-refractivity contribution in [2.75, 3.05) is 17.2 Å². The normalized spacial score (nSPS) is 26.2. The third kappa shape index (κ3) is 3.75. The van der Waals surface area contributed by atoms with Crippen LogP contribution in [0.1, 0.15) is 47.5 Å². The maximum absolute atomic E-state index is 15.0. The number of aromatic nitrogens is 3. The van der Waals surface area contributed by atoms with Crippen LogP contribution in [0, 0.1) is 5.82 Å². The Balaban J connectivity index is 1.64. The van der Waals surface area contributed by atoms with Crippen LogP contribution in [0.2, 0.25) is 5.15 Å². The van der Waals surface area contributed by atoms with Crippen LogP contribution < -0.4 is 9.64 Å². The first-order valence-electron chi connectivity index (χ1n) is 11.2. The Kier molecular flexibility index (Phi) is 5.51. The molecule has 33 heavy (non-hydrogen) atoms. The molecule has 2 bridgehead atoms. The smallest absolute Gasteiger partial charge is 0.410 e. The average molecular weight is 496 g/mol. The zero-order chi connectivity index (χ0) is 23.7. The third-order valence-electron chi connectivity index (χ3n) is 6.31. The lowest BCUT2D eigenvalue weighted by Gasteiger charge is -2.48. The molecule has 0 radical (unpaired) electrons. The minimum Gasteiger partial charge on any atom is -0.472 e. The van der Waals surface area contributed by atoms with Crippen molar-refractivity contribution >= 4 is 46.2 Å². The second-order valence-electron chi connectivity index (χ2n) is 9.66. The van der Waals surface area contributed by atoms with E-state index >= 15 is 4.39 Å². The summed E-state index contributed by atoms with van der Waals surface area (Å²) in [5.74, 6) is 0.874. The van der Waals surface area contributed by atoms with E-state index in [1.54, 1.807) is 0 Å². The van der Waals surface area contributed by atoms with Gasteiger partial charge >= 0.3 is 6.09 Å². The van der Waals surface area contributed by atoms with E-state index in [4.69, 9.17) is 26.1 Å². The van der Waals surface area contributed by atoms with Crippen molar-refractivity contribution in [3.8, 4) is 5.88 Å². The fourth-order valence-electron chi connectivity index (χ4n) is 5.19. The monoisotopic (exact) mass is 495 g/mol. The standard InChI is InChI=1S/C22H27ClFN5O3S/c1-6-33-20-25-15-13-18(27-20)28-9-11-7-8-12(29(11)21(30)32-22(3,4)5)16(28)10(2)31-19(13)26-17(23)14(15)24/h10-12,16H,6-9H2,1-5H3/t10-,11+,12-,16+/m0/s1. The van der Waals surface area contributed by atoms with Crippen molar-refractivity contribution < 1.29 is 18.7 Å². The van der Waals surface area contributed by atoms with Gasteiger partial charge in [0.15, 0.2) is 16.1 Å². The van der Waals surface area contributed by atoms with Crippen LogP contribution in [0.15, 0.2) is 5.16 Å². The summed E-state index contributed by atoms with van der Waals surface area (Å²) in [6.45, 7) is 10.1. The Bertz CT molecular complexity index is 1130. The molecule has 178 valence electrons. The van der Waals surface area contributed by atoms with E-state index in [-0.39, 0.29) is 46.9 Å². The number of hydrogen-bond donors (Lipinski definition) is 0. The molecule has 11 heteroatoms. The van der Waals surface area contributed by atoms with Crippen LogP contribution in [-0.4, -0.2) is 68.1 Å². The summed E-state index contributed by atoms with van der Waals surface area (Å²) in [4.78, 5) is 30.6. The van der Waals surface area contributed by atoms with Crippen molar-refractivity contribution in [3.05, 3.63) is 11.0 Å². The lowest BCUT2D eigenvalue weighted by atomic mass is 9.98. The van der Waals surface area contributed by atoms with Crippen LogP contribution in [0.3, 0.4) is 0 Å². The minimum absolute atomic E-state index is 0.0350. The van der Waals surface area contributed by atoms with E-state index in [1.165, 1.54) is 11.8 Å². The quantitative estimate of drug-likeness (QED) is 0.338. The predicted octanol–water partition coefficient (Wildman–Crippen LogP) is 4.67. The number of hydrogen-bond acceptors (Lipinski definition) is 8. The summed E-state index contributed by atoms with van der Waals surface area (Å²) < 4.78 is 27.0. The number of pyridine rings is 1. The molecule has 3 aliphatic rings. The Morgan fingerprint density at radius 1 is 1.30 bits per heavy atom. The number of carbonyl (C=O) groups excluding carboxylic acids is 1. The van der Waals surface area contributed by atoms with Gasteiger partial charge in [-0.15, -0.1) is 0 Å². The van der Waals surface area contributed by atoms with Crippen LogP contribution in [0.4, 0.5) is 15.0 Å². The number of carbonyl (C=O) groups is 1. The molecule has 2 saturated heterocycles. The first-order chi connectivity index (χ1) is 15.6. The minimum atomic E-state index is -0.679. The molecule has 4 atom stereocenters. The molecule has 0 spiro atoms. The molecular formula is C22H27ClFN5O3S. The molecule has 1 amide bonds. The van der Waals surface area contributed by atoms with Crippen LogP contribution in [-0.2, 0) is 4.74 Å². The van der Waals surface area contributed by atoms with Crippen LogP contribution in [0.5, 0.6) is 5.88 Å². The van der Waals surface area contributed by atoms with Crippen LogP contribution in [0.25, 0.3) is 10.9 Å². The molecule has 2 aromatic rings. The number of thioether (sulfide) groups is 1. The largest absolute Gasteiger partial charge is 0.472 e. The highest BCUT2D eigenvalue weighted by molar-refractivity contribution is 7.99. The highest BCUT2D eigenvalue weighted by atomic mass is 35.5. The zero-order valence-electron chi connectivity index (χ0n) is 19.3.